The van der Waals surface area contributed by atoms with E-state index in [1.54, 1.807) is 16.9 Å². The monoisotopic (exact) mass is 555 g/mol. The van der Waals surface area contributed by atoms with E-state index in [1.807, 2.05) is 11.0 Å². The first-order valence-electron chi connectivity index (χ1n) is 13.5. The van der Waals surface area contributed by atoms with Crippen LogP contribution in [-0.4, -0.2) is 65.7 Å². The van der Waals surface area contributed by atoms with Crippen molar-refractivity contribution in [3.05, 3.63) is 54.0 Å². The Kier molecular flexibility index (Phi) is 5.74. The van der Waals surface area contributed by atoms with Crippen molar-refractivity contribution in [1.82, 2.24) is 34.7 Å². The van der Waals surface area contributed by atoms with Crippen molar-refractivity contribution in [1.29, 1.82) is 5.26 Å². The number of carbonyl (C=O) groups is 2. The molecular formula is C28H26FN9O3. The number of aromatic nitrogens is 6. The molecule has 3 fully saturated rings. The maximum Gasteiger partial charge on any atom is 0.272 e. The molecule has 1 aliphatic heterocycles. The van der Waals surface area contributed by atoms with Crippen LogP contribution in [0.25, 0.3) is 16.9 Å². The molecule has 0 radical (unpaired) electrons. The van der Waals surface area contributed by atoms with Crippen molar-refractivity contribution in [2.45, 2.75) is 43.6 Å². The molecule has 0 unspecified atom stereocenters. The summed E-state index contributed by atoms with van der Waals surface area (Å²) in [4.78, 5) is 37.2. The molecule has 2 amide bonds. The molecule has 7 rings (SSSR count). The molecule has 0 bridgehead atoms. The summed E-state index contributed by atoms with van der Waals surface area (Å²) in [5.74, 6) is -0.848. The number of amides is 2. The minimum Gasteiger partial charge on any atom is -0.481 e. The van der Waals surface area contributed by atoms with Crippen molar-refractivity contribution < 1.29 is 18.7 Å². The zero-order valence-electron chi connectivity index (χ0n) is 22.2. The lowest BCUT2D eigenvalue weighted by Crippen LogP contribution is -2.50. The maximum atomic E-state index is 14.4. The van der Waals surface area contributed by atoms with E-state index in [2.05, 4.69) is 36.7 Å². The lowest BCUT2D eigenvalue weighted by Gasteiger charge is -2.39. The largest absolute Gasteiger partial charge is 0.481 e. The molecule has 1 spiro atoms. The summed E-state index contributed by atoms with van der Waals surface area (Å²) in [5.41, 5.74) is 2.23. The summed E-state index contributed by atoms with van der Waals surface area (Å²) in [7, 11) is 1.44. The highest BCUT2D eigenvalue weighted by molar-refractivity contribution is 5.97. The van der Waals surface area contributed by atoms with Crippen molar-refractivity contribution in [2.24, 2.45) is 11.8 Å². The predicted octanol–water partition coefficient (Wildman–Crippen LogP) is 3.31. The predicted molar refractivity (Wildman–Crippen MR) is 142 cm³/mol. The number of rotatable bonds is 6. The van der Waals surface area contributed by atoms with Crippen molar-refractivity contribution >= 4 is 23.1 Å². The van der Waals surface area contributed by atoms with Crippen LogP contribution in [0, 0.1) is 29.0 Å². The zero-order valence-corrected chi connectivity index (χ0v) is 22.2. The lowest BCUT2D eigenvalue weighted by molar-refractivity contribution is -0.122. The van der Waals surface area contributed by atoms with Gasteiger partial charge in [0.25, 0.3) is 5.91 Å². The topological polar surface area (TPSA) is 154 Å². The fourth-order valence-corrected chi connectivity index (χ4v) is 5.87. The van der Waals surface area contributed by atoms with E-state index in [1.165, 1.54) is 19.2 Å². The fourth-order valence-electron chi connectivity index (χ4n) is 5.87. The summed E-state index contributed by atoms with van der Waals surface area (Å²) in [6, 6.07) is 7.11. The van der Waals surface area contributed by atoms with Gasteiger partial charge < -0.3 is 15.0 Å². The minimum absolute atomic E-state index is 0.0118. The van der Waals surface area contributed by atoms with E-state index in [4.69, 9.17) is 10.00 Å². The SMILES string of the molecule is COc1cc(-c2cc(C(=O)N3CC[C@H](C(=O)Nc4cnn5ccc([C@H]6C[C@@H]6C#N)nc45)CC34CC4)[nH]n2)c(F)cn1. The van der Waals surface area contributed by atoms with Crippen LogP contribution in [0.2, 0.25) is 0 Å². The van der Waals surface area contributed by atoms with E-state index in [0.717, 1.165) is 31.2 Å². The van der Waals surface area contributed by atoms with E-state index in [0.29, 0.717) is 30.7 Å². The highest BCUT2D eigenvalue weighted by Gasteiger charge is 2.54. The van der Waals surface area contributed by atoms with E-state index >= 15 is 0 Å². The maximum absolute atomic E-state index is 14.4. The number of likely N-dealkylation sites (tertiary alicyclic amines) is 1. The first-order valence-corrected chi connectivity index (χ1v) is 13.5. The number of methoxy groups -OCH3 is 1. The second kappa shape index (κ2) is 9.36. The molecule has 13 heteroatoms. The molecule has 208 valence electrons. The first kappa shape index (κ1) is 25.1. The summed E-state index contributed by atoms with van der Waals surface area (Å²) >= 11 is 0. The summed E-state index contributed by atoms with van der Waals surface area (Å²) < 4.78 is 21.1. The molecular weight excluding hydrogens is 529 g/mol. The third-order valence-electron chi connectivity index (χ3n) is 8.45. The third-order valence-corrected chi connectivity index (χ3v) is 8.45. The number of aromatic amines is 1. The standard InChI is InChI=1S/C28H26FN9O3/c1-41-24-9-18(19(29)13-31-24)21-10-22(36-35-21)27(40)37-6-2-15(11-28(37)4-5-28)26(39)34-23-14-32-38-7-3-20(33-25(23)38)17-8-16(17)12-30/h3,7,9-10,13-17H,2,4-6,8,11H2,1H3,(H,34,39)(H,35,36)/t15-,16+,17-/m0/s1. The molecule has 1 saturated heterocycles. The van der Waals surface area contributed by atoms with Gasteiger partial charge in [-0.1, -0.05) is 0 Å². The Hall–Kier alpha value is -4.86. The number of halogens is 1. The highest BCUT2D eigenvalue weighted by atomic mass is 19.1. The van der Waals surface area contributed by atoms with Crippen LogP contribution in [0.1, 0.15) is 54.2 Å². The molecule has 3 aliphatic rings. The molecule has 5 heterocycles. The normalized spacial score (nSPS) is 22.4. The van der Waals surface area contributed by atoms with Gasteiger partial charge in [0.05, 0.1) is 37.2 Å². The molecule has 2 N–H and O–H groups in total. The van der Waals surface area contributed by atoms with Gasteiger partial charge in [0.15, 0.2) is 11.5 Å². The first-order chi connectivity index (χ1) is 19.9. The molecule has 12 nitrogen and oxygen atoms in total. The van der Waals surface area contributed by atoms with E-state index < -0.39 is 11.4 Å². The van der Waals surface area contributed by atoms with E-state index in [-0.39, 0.29) is 52.4 Å². The summed E-state index contributed by atoms with van der Waals surface area (Å²) in [5, 5.41) is 23.4. The number of anilines is 1. The fraction of sp³-hybridized carbons (Fsp3) is 0.393. The number of fused-ring (bicyclic) bond motifs is 1. The lowest BCUT2D eigenvalue weighted by atomic mass is 9.88. The number of piperidine rings is 1. The second-order valence-corrected chi connectivity index (χ2v) is 11.0. The van der Waals surface area contributed by atoms with Crippen molar-refractivity contribution in [3.63, 3.8) is 0 Å². The average molecular weight is 556 g/mol. The average Bonchev–Trinajstić information content (AvgIpc) is 3.85. The molecule has 4 aromatic heterocycles. The number of nitrogens with zero attached hydrogens (tertiary/aromatic N) is 7. The number of hydrogen-bond acceptors (Lipinski definition) is 8. The Morgan fingerprint density at radius 3 is 2.90 bits per heavy atom. The van der Waals surface area contributed by atoms with Gasteiger partial charge in [-0.05, 0) is 44.2 Å². The second-order valence-electron chi connectivity index (χ2n) is 11.0. The molecule has 2 aliphatic carbocycles. The van der Waals surface area contributed by atoms with Gasteiger partial charge in [0.2, 0.25) is 11.8 Å². The number of carbonyl (C=O) groups excluding carboxylic acids is 2. The smallest absolute Gasteiger partial charge is 0.272 e. The van der Waals surface area contributed by atoms with Crippen LogP contribution in [0.4, 0.5) is 10.1 Å². The molecule has 4 aromatic rings. The van der Waals surface area contributed by atoms with Gasteiger partial charge in [0, 0.05) is 47.4 Å². The molecule has 3 atom stereocenters. The number of pyridine rings is 1. The quantitative estimate of drug-likeness (QED) is 0.367. The summed E-state index contributed by atoms with van der Waals surface area (Å²) in [6.07, 6.45) is 7.89. The van der Waals surface area contributed by atoms with Gasteiger partial charge >= 0.3 is 0 Å². The molecule has 2 saturated carbocycles. The Bertz CT molecular complexity index is 1740. The highest BCUT2D eigenvalue weighted by Crippen LogP contribution is 2.51. The van der Waals surface area contributed by atoms with Gasteiger partial charge in [-0.15, -0.1) is 0 Å². The third kappa shape index (κ3) is 4.35. The van der Waals surface area contributed by atoms with Gasteiger partial charge in [-0.3, -0.25) is 14.7 Å². The minimum atomic E-state index is -0.571. The number of nitrogens with one attached hydrogen (secondary N) is 2. The van der Waals surface area contributed by atoms with Crippen LogP contribution in [0.15, 0.2) is 36.8 Å². The van der Waals surface area contributed by atoms with Crippen molar-refractivity contribution in [2.75, 3.05) is 19.0 Å². The van der Waals surface area contributed by atoms with Gasteiger partial charge in [-0.2, -0.15) is 15.5 Å². The van der Waals surface area contributed by atoms with Crippen LogP contribution in [0.3, 0.4) is 0 Å². The Balaban J connectivity index is 1.04. The molecule has 0 aromatic carbocycles. The number of H-pyrrole nitrogens is 1. The Morgan fingerprint density at radius 1 is 1.29 bits per heavy atom. The van der Waals surface area contributed by atoms with Gasteiger partial charge in [0.1, 0.15) is 11.4 Å². The number of nitriles is 1. The Morgan fingerprint density at radius 2 is 2.15 bits per heavy atom. The van der Waals surface area contributed by atoms with E-state index in [9.17, 15) is 14.0 Å². The van der Waals surface area contributed by atoms with Crippen LogP contribution in [0.5, 0.6) is 5.88 Å². The molecule has 41 heavy (non-hydrogen) atoms. The summed E-state index contributed by atoms with van der Waals surface area (Å²) in [6.45, 7) is 0.414. The zero-order chi connectivity index (χ0) is 28.3. The Labute approximate surface area is 233 Å². The van der Waals surface area contributed by atoms with Gasteiger partial charge in [-0.25, -0.2) is 18.9 Å². The van der Waals surface area contributed by atoms with Crippen molar-refractivity contribution in [3.8, 4) is 23.2 Å². The van der Waals surface area contributed by atoms with Crippen LogP contribution < -0.4 is 10.1 Å². The number of ether oxygens (including phenoxy) is 1. The van der Waals surface area contributed by atoms with Crippen LogP contribution in [-0.2, 0) is 4.79 Å². The van der Waals surface area contributed by atoms with Crippen LogP contribution >= 0.6 is 0 Å². The number of hydrogen-bond donors (Lipinski definition) is 2.